The van der Waals surface area contributed by atoms with Gasteiger partial charge in [0.25, 0.3) is 0 Å². The molecule has 0 saturated carbocycles. The SMILES string of the molecule is C=O.CCCCCCCCCC[N+](C)(C)C. The van der Waals surface area contributed by atoms with E-state index < -0.39 is 0 Å². The molecule has 0 fully saturated rings. The Labute approximate surface area is 103 Å². The van der Waals surface area contributed by atoms with Crippen molar-refractivity contribution in [2.45, 2.75) is 58.3 Å². The highest BCUT2D eigenvalue weighted by Crippen LogP contribution is 2.09. The molecule has 0 aliphatic heterocycles. The van der Waals surface area contributed by atoms with Crippen molar-refractivity contribution in [3.63, 3.8) is 0 Å². The first-order valence-corrected chi connectivity index (χ1v) is 6.65. The molecule has 0 aliphatic rings. The predicted octanol–water partition coefficient (Wildman–Crippen LogP) is 3.65. The molecule has 0 saturated heterocycles. The number of hydrogen-bond donors (Lipinski definition) is 0. The summed E-state index contributed by atoms with van der Waals surface area (Å²) >= 11 is 0. The van der Waals surface area contributed by atoms with Crippen molar-refractivity contribution in [3.8, 4) is 0 Å². The van der Waals surface area contributed by atoms with Crippen LogP contribution in [0.25, 0.3) is 0 Å². The molecule has 0 unspecified atom stereocenters. The van der Waals surface area contributed by atoms with Crippen LogP contribution >= 0.6 is 0 Å². The number of rotatable bonds is 9. The summed E-state index contributed by atoms with van der Waals surface area (Å²) in [6.07, 6.45) is 11.4. The predicted molar refractivity (Wildman–Crippen MR) is 72.6 cm³/mol. The fourth-order valence-electron chi connectivity index (χ4n) is 1.72. The number of quaternary nitrogens is 1. The van der Waals surface area contributed by atoms with E-state index in [1.54, 1.807) is 0 Å². The zero-order chi connectivity index (χ0) is 12.9. The van der Waals surface area contributed by atoms with E-state index in [9.17, 15) is 0 Å². The van der Waals surface area contributed by atoms with Crippen molar-refractivity contribution in [3.05, 3.63) is 0 Å². The van der Waals surface area contributed by atoms with Gasteiger partial charge in [0.05, 0.1) is 27.7 Å². The fraction of sp³-hybridized carbons (Fsp3) is 0.929. The average molecular weight is 230 g/mol. The van der Waals surface area contributed by atoms with Gasteiger partial charge in [-0.2, -0.15) is 0 Å². The first-order valence-electron chi connectivity index (χ1n) is 6.65. The van der Waals surface area contributed by atoms with Crippen molar-refractivity contribution in [2.75, 3.05) is 27.7 Å². The maximum atomic E-state index is 8.00. The standard InChI is InChI=1S/C13H30N.CH2O/c1-5-6-7-8-9-10-11-12-13-14(2,3)4;1-2/h5-13H2,1-4H3;1H2/q+1;. The molecule has 2 heteroatoms. The van der Waals surface area contributed by atoms with Crippen molar-refractivity contribution >= 4 is 6.79 Å². The quantitative estimate of drug-likeness (QED) is 0.436. The van der Waals surface area contributed by atoms with Crippen molar-refractivity contribution in [2.24, 2.45) is 0 Å². The zero-order valence-electron chi connectivity index (χ0n) is 11.9. The lowest BCUT2D eigenvalue weighted by Gasteiger charge is -2.23. The van der Waals surface area contributed by atoms with E-state index in [1.807, 2.05) is 6.79 Å². The van der Waals surface area contributed by atoms with E-state index in [0.29, 0.717) is 0 Å². The highest BCUT2D eigenvalue weighted by molar-refractivity contribution is 5.10. The van der Waals surface area contributed by atoms with Gasteiger partial charge in [0, 0.05) is 0 Å². The van der Waals surface area contributed by atoms with Crippen molar-refractivity contribution in [1.82, 2.24) is 0 Å². The fourth-order valence-corrected chi connectivity index (χ4v) is 1.72. The molecule has 0 spiro atoms. The summed E-state index contributed by atoms with van der Waals surface area (Å²) in [5.74, 6) is 0. The number of carbonyl (C=O) groups excluding carboxylic acids is 1. The molecule has 16 heavy (non-hydrogen) atoms. The third kappa shape index (κ3) is 19.2. The van der Waals surface area contributed by atoms with Crippen LogP contribution in [0.3, 0.4) is 0 Å². The molecule has 0 rings (SSSR count). The van der Waals surface area contributed by atoms with Crippen LogP contribution < -0.4 is 0 Å². The minimum Gasteiger partial charge on any atom is -0.331 e. The first kappa shape index (κ1) is 18.0. The Bertz CT molecular complexity index is 129. The van der Waals surface area contributed by atoms with Crippen LogP contribution in [0.1, 0.15) is 58.3 Å². The highest BCUT2D eigenvalue weighted by Gasteiger charge is 2.04. The van der Waals surface area contributed by atoms with E-state index in [-0.39, 0.29) is 0 Å². The molecule has 98 valence electrons. The molecule has 0 aromatic carbocycles. The van der Waals surface area contributed by atoms with Gasteiger partial charge < -0.3 is 9.28 Å². The Hall–Kier alpha value is -0.370. The van der Waals surface area contributed by atoms with E-state index in [4.69, 9.17) is 4.79 Å². The largest absolute Gasteiger partial charge is 0.331 e. The summed E-state index contributed by atoms with van der Waals surface area (Å²) in [5, 5.41) is 0. The van der Waals surface area contributed by atoms with Gasteiger partial charge in [0.2, 0.25) is 0 Å². The Morgan fingerprint density at radius 3 is 1.50 bits per heavy atom. The highest BCUT2D eigenvalue weighted by atomic mass is 16.1. The first-order chi connectivity index (χ1) is 7.56. The van der Waals surface area contributed by atoms with Crippen LogP contribution in [0.2, 0.25) is 0 Å². The van der Waals surface area contributed by atoms with Gasteiger partial charge in [0.1, 0.15) is 6.79 Å². The summed E-state index contributed by atoms with van der Waals surface area (Å²) in [5.41, 5.74) is 0. The number of hydrogen-bond acceptors (Lipinski definition) is 1. The van der Waals surface area contributed by atoms with Gasteiger partial charge in [-0.05, 0) is 12.8 Å². The number of carbonyl (C=O) groups is 1. The van der Waals surface area contributed by atoms with Gasteiger partial charge in [-0.15, -0.1) is 0 Å². The molecule has 0 aromatic heterocycles. The average Bonchev–Trinajstić information content (AvgIpc) is 2.23. The molecule has 0 aromatic rings. The Balaban J connectivity index is 0. The number of unbranched alkanes of at least 4 members (excludes halogenated alkanes) is 7. The topological polar surface area (TPSA) is 17.1 Å². The molecule has 0 radical (unpaired) electrons. The summed E-state index contributed by atoms with van der Waals surface area (Å²) in [6, 6.07) is 0. The van der Waals surface area contributed by atoms with E-state index in [0.717, 1.165) is 4.48 Å². The summed E-state index contributed by atoms with van der Waals surface area (Å²) in [6.45, 7) is 5.61. The van der Waals surface area contributed by atoms with Gasteiger partial charge >= 0.3 is 0 Å². The molecule has 0 bridgehead atoms. The van der Waals surface area contributed by atoms with Crippen LogP contribution in [0, 0.1) is 0 Å². The molecule has 0 amide bonds. The molecule has 0 atom stereocenters. The molecule has 0 heterocycles. The third-order valence-corrected chi connectivity index (χ3v) is 2.68. The zero-order valence-corrected chi connectivity index (χ0v) is 11.9. The van der Waals surface area contributed by atoms with Crippen molar-refractivity contribution < 1.29 is 9.28 Å². The lowest BCUT2D eigenvalue weighted by molar-refractivity contribution is -0.870. The summed E-state index contributed by atoms with van der Waals surface area (Å²) in [4.78, 5) is 8.00. The minimum absolute atomic E-state index is 1.12. The lowest BCUT2D eigenvalue weighted by Crippen LogP contribution is -2.35. The van der Waals surface area contributed by atoms with Crippen molar-refractivity contribution in [1.29, 1.82) is 0 Å². The normalized spacial score (nSPS) is 10.8. The molecule has 0 N–H and O–H groups in total. The molecule has 0 aliphatic carbocycles. The second kappa shape index (κ2) is 12.7. The van der Waals surface area contributed by atoms with Gasteiger partial charge in [-0.1, -0.05) is 45.4 Å². The van der Waals surface area contributed by atoms with Gasteiger partial charge in [-0.25, -0.2) is 0 Å². The number of nitrogens with zero attached hydrogens (tertiary/aromatic N) is 1. The Kier molecular flexibility index (Phi) is 14.3. The van der Waals surface area contributed by atoms with Crippen LogP contribution in [0.4, 0.5) is 0 Å². The second-order valence-electron chi connectivity index (χ2n) is 5.49. The van der Waals surface area contributed by atoms with E-state index in [1.165, 1.54) is 57.9 Å². The monoisotopic (exact) mass is 230 g/mol. The van der Waals surface area contributed by atoms with Gasteiger partial charge in [0.15, 0.2) is 0 Å². The van der Waals surface area contributed by atoms with E-state index in [2.05, 4.69) is 28.1 Å². The second-order valence-corrected chi connectivity index (χ2v) is 5.49. The van der Waals surface area contributed by atoms with Crippen LogP contribution in [0.15, 0.2) is 0 Å². The smallest absolute Gasteiger partial charge is 0.106 e. The summed E-state index contributed by atoms with van der Waals surface area (Å²) in [7, 11) is 6.84. The minimum atomic E-state index is 1.12. The third-order valence-electron chi connectivity index (χ3n) is 2.68. The molecule has 2 nitrogen and oxygen atoms in total. The Morgan fingerprint density at radius 1 is 0.750 bits per heavy atom. The van der Waals surface area contributed by atoms with Crippen LogP contribution in [-0.2, 0) is 4.79 Å². The maximum Gasteiger partial charge on any atom is 0.106 e. The van der Waals surface area contributed by atoms with Crippen LogP contribution in [-0.4, -0.2) is 39.0 Å². The Morgan fingerprint density at radius 2 is 1.12 bits per heavy atom. The molecular weight excluding hydrogens is 198 g/mol. The maximum absolute atomic E-state index is 8.00. The van der Waals surface area contributed by atoms with Gasteiger partial charge in [-0.3, -0.25) is 0 Å². The van der Waals surface area contributed by atoms with E-state index >= 15 is 0 Å². The lowest BCUT2D eigenvalue weighted by atomic mass is 10.1. The van der Waals surface area contributed by atoms with Crippen LogP contribution in [0.5, 0.6) is 0 Å². The molecular formula is C14H32NO+. The summed E-state index contributed by atoms with van der Waals surface area (Å²) < 4.78 is 1.12.